The molecule has 2 aromatic rings. The molecule has 4 heteroatoms. The van der Waals surface area contributed by atoms with Crippen LogP contribution in [0, 0.1) is 0 Å². The number of aryl methyl sites for hydroxylation is 1. The molecule has 0 aliphatic carbocycles. The normalized spacial score (nSPS) is 11.7. The predicted molar refractivity (Wildman–Crippen MR) is 89.2 cm³/mol. The molecule has 0 aromatic heterocycles. The third-order valence-corrected chi connectivity index (χ3v) is 3.68. The first kappa shape index (κ1) is 16.7. The average Bonchev–Trinajstić information content (AvgIpc) is 2.55. The number of carboxylic acid groups (broad SMARTS) is 1. The number of rotatable bonds is 7. The monoisotopic (exact) mass is 311 g/mol. The van der Waals surface area contributed by atoms with E-state index in [-0.39, 0.29) is 18.7 Å². The molecule has 0 unspecified atom stereocenters. The van der Waals surface area contributed by atoms with Crippen LogP contribution in [0.25, 0.3) is 0 Å². The summed E-state index contributed by atoms with van der Waals surface area (Å²) < 4.78 is 0. The van der Waals surface area contributed by atoms with Crippen molar-refractivity contribution in [1.29, 1.82) is 0 Å². The Morgan fingerprint density at radius 3 is 2.30 bits per heavy atom. The largest absolute Gasteiger partial charge is 0.480 e. The summed E-state index contributed by atoms with van der Waals surface area (Å²) in [6.45, 7) is 2.06. The second-order valence-corrected chi connectivity index (χ2v) is 5.50. The van der Waals surface area contributed by atoms with Crippen LogP contribution in [0.3, 0.4) is 0 Å². The van der Waals surface area contributed by atoms with E-state index in [9.17, 15) is 14.7 Å². The summed E-state index contributed by atoms with van der Waals surface area (Å²) >= 11 is 0. The number of benzene rings is 2. The van der Waals surface area contributed by atoms with Gasteiger partial charge in [0.05, 0.1) is 6.42 Å². The molecule has 0 fully saturated rings. The highest BCUT2D eigenvalue weighted by Gasteiger charge is 2.20. The first-order valence-corrected chi connectivity index (χ1v) is 7.72. The number of hydrogen-bond acceptors (Lipinski definition) is 2. The SMILES string of the molecule is CCc1cccc(CC(=O)N[C@H](Cc2ccccc2)C(=O)O)c1. The Bertz CT molecular complexity index is 667. The van der Waals surface area contributed by atoms with E-state index in [2.05, 4.69) is 12.2 Å². The van der Waals surface area contributed by atoms with Crippen LogP contribution in [0.2, 0.25) is 0 Å². The van der Waals surface area contributed by atoms with Gasteiger partial charge in [0.25, 0.3) is 0 Å². The molecule has 2 aromatic carbocycles. The Morgan fingerprint density at radius 2 is 1.65 bits per heavy atom. The molecule has 0 spiro atoms. The Hall–Kier alpha value is -2.62. The van der Waals surface area contributed by atoms with Gasteiger partial charge >= 0.3 is 5.97 Å². The lowest BCUT2D eigenvalue weighted by molar-refractivity contribution is -0.141. The maximum atomic E-state index is 12.1. The van der Waals surface area contributed by atoms with E-state index in [4.69, 9.17) is 0 Å². The lowest BCUT2D eigenvalue weighted by Gasteiger charge is -2.15. The quantitative estimate of drug-likeness (QED) is 0.826. The fourth-order valence-electron chi connectivity index (χ4n) is 2.44. The van der Waals surface area contributed by atoms with Crippen LogP contribution in [0.1, 0.15) is 23.6 Å². The molecule has 2 N–H and O–H groups in total. The predicted octanol–water partition coefficient (Wildman–Crippen LogP) is 2.60. The van der Waals surface area contributed by atoms with Crippen molar-refractivity contribution in [2.24, 2.45) is 0 Å². The molecular formula is C19H21NO3. The molecule has 120 valence electrons. The van der Waals surface area contributed by atoms with Crippen LogP contribution in [0.5, 0.6) is 0 Å². The number of carbonyl (C=O) groups excluding carboxylic acids is 1. The van der Waals surface area contributed by atoms with Gasteiger partial charge in [0.1, 0.15) is 6.04 Å². The van der Waals surface area contributed by atoms with Crippen molar-refractivity contribution in [1.82, 2.24) is 5.32 Å². The topological polar surface area (TPSA) is 66.4 Å². The van der Waals surface area contributed by atoms with Gasteiger partial charge in [-0.2, -0.15) is 0 Å². The van der Waals surface area contributed by atoms with E-state index >= 15 is 0 Å². The molecule has 0 radical (unpaired) electrons. The molecule has 0 saturated heterocycles. The summed E-state index contributed by atoms with van der Waals surface area (Å²) in [7, 11) is 0. The van der Waals surface area contributed by atoms with Gasteiger partial charge in [0.2, 0.25) is 5.91 Å². The van der Waals surface area contributed by atoms with E-state index in [0.29, 0.717) is 0 Å². The number of carbonyl (C=O) groups is 2. The molecule has 0 bridgehead atoms. The Labute approximate surface area is 136 Å². The summed E-state index contributed by atoms with van der Waals surface area (Å²) in [5, 5.41) is 11.9. The van der Waals surface area contributed by atoms with Crippen LogP contribution < -0.4 is 5.32 Å². The first-order valence-electron chi connectivity index (χ1n) is 7.72. The maximum absolute atomic E-state index is 12.1. The van der Waals surface area contributed by atoms with Crippen LogP contribution in [-0.2, 0) is 28.9 Å². The molecule has 1 atom stereocenters. The lowest BCUT2D eigenvalue weighted by atomic mass is 10.0. The van der Waals surface area contributed by atoms with Crippen molar-refractivity contribution in [3.8, 4) is 0 Å². The number of aliphatic carboxylic acids is 1. The minimum Gasteiger partial charge on any atom is -0.480 e. The lowest BCUT2D eigenvalue weighted by Crippen LogP contribution is -2.43. The minimum absolute atomic E-state index is 0.187. The number of amides is 1. The van der Waals surface area contributed by atoms with E-state index in [1.165, 1.54) is 0 Å². The van der Waals surface area contributed by atoms with Crippen molar-refractivity contribution < 1.29 is 14.7 Å². The molecule has 0 aliphatic rings. The third kappa shape index (κ3) is 5.25. The Morgan fingerprint density at radius 1 is 1.00 bits per heavy atom. The second kappa shape index (κ2) is 8.13. The summed E-state index contributed by atoms with van der Waals surface area (Å²) in [6, 6.07) is 16.2. The van der Waals surface area contributed by atoms with Gasteiger partial charge in [-0.1, -0.05) is 61.5 Å². The van der Waals surface area contributed by atoms with Gasteiger partial charge < -0.3 is 10.4 Å². The van der Waals surface area contributed by atoms with Gasteiger partial charge in [-0.15, -0.1) is 0 Å². The van der Waals surface area contributed by atoms with Gasteiger partial charge in [-0.3, -0.25) is 4.79 Å². The molecule has 0 heterocycles. The second-order valence-electron chi connectivity index (χ2n) is 5.50. The van der Waals surface area contributed by atoms with Crippen LogP contribution in [0.15, 0.2) is 54.6 Å². The van der Waals surface area contributed by atoms with Crippen LogP contribution in [-0.4, -0.2) is 23.0 Å². The van der Waals surface area contributed by atoms with Gasteiger partial charge in [-0.05, 0) is 23.1 Å². The van der Waals surface area contributed by atoms with Crippen LogP contribution in [0.4, 0.5) is 0 Å². The summed E-state index contributed by atoms with van der Waals surface area (Å²) in [5.74, 6) is -1.30. The smallest absolute Gasteiger partial charge is 0.326 e. The number of nitrogens with one attached hydrogen (secondary N) is 1. The van der Waals surface area contributed by atoms with Gasteiger partial charge in [0.15, 0.2) is 0 Å². The molecule has 23 heavy (non-hydrogen) atoms. The number of carboxylic acids is 1. The summed E-state index contributed by atoms with van der Waals surface area (Å²) in [5.41, 5.74) is 2.94. The van der Waals surface area contributed by atoms with Crippen LogP contribution >= 0.6 is 0 Å². The van der Waals surface area contributed by atoms with E-state index < -0.39 is 12.0 Å². The highest BCUT2D eigenvalue weighted by molar-refractivity contribution is 5.85. The highest BCUT2D eigenvalue weighted by atomic mass is 16.4. The summed E-state index contributed by atoms with van der Waals surface area (Å²) in [6.07, 6.45) is 1.37. The number of hydrogen-bond donors (Lipinski definition) is 2. The molecule has 0 saturated carbocycles. The van der Waals surface area contributed by atoms with E-state index in [0.717, 1.165) is 23.1 Å². The fourth-order valence-corrected chi connectivity index (χ4v) is 2.44. The van der Waals surface area contributed by atoms with E-state index in [1.807, 2.05) is 54.6 Å². The average molecular weight is 311 g/mol. The summed E-state index contributed by atoms with van der Waals surface area (Å²) in [4.78, 5) is 23.5. The molecule has 4 nitrogen and oxygen atoms in total. The van der Waals surface area contributed by atoms with Crippen molar-refractivity contribution >= 4 is 11.9 Å². The van der Waals surface area contributed by atoms with Gasteiger partial charge in [0, 0.05) is 6.42 Å². The zero-order chi connectivity index (χ0) is 16.7. The van der Waals surface area contributed by atoms with Crippen molar-refractivity contribution in [3.05, 3.63) is 71.3 Å². The van der Waals surface area contributed by atoms with Crippen molar-refractivity contribution in [2.45, 2.75) is 32.2 Å². The minimum atomic E-state index is -1.02. The maximum Gasteiger partial charge on any atom is 0.326 e. The molecular weight excluding hydrogens is 290 g/mol. The Kier molecular flexibility index (Phi) is 5.92. The highest BCUT2D eigenvalue weighted by Crippen LogP contribution is 2.08. The zero-order valence-corrected chi connectivity index (χ0v) is 13.2. The van der Waals surface area contributed by atoms with Crippen molar-refractivity contribution in [2.75, 3.05) is 0 Å². The van der Waals surface area contributed by atoms with Gasteiger partial charge in [-0.25, -0.2) is 4.79 Å². The zero-order valence-electron chi connectivity index (χ0n) is 13.2. The Balaban J connectivity index is 1.99. The van der Waals surface area contributed by atoms with E-state index in [1.54, 1.807) is 0 Å². The standard InChI is InChI=1S/C19H21NO3/c1-2-14-9-6-10-16(11-14)13-18(21)20-17(19(22)23)12-15-7-4-3-5-8-15/h3-11,17H,2,12-13H2,1H3,(H,20,21)(H,22,23)/t17-/m1/s1. The fraction of sp³-hybridized carbons (Fsp3) is 0.263. The third-order valence-electron chi connectivity index (χ3n) is 3.68. The van der Waals surface area contributed by atoms with Crippen molar-refractivity contribution in [3.63, 3.8) is 0 Å². The molecule has 1 amide bonds. The molecule has 0 aliphatic heterocycles. The molecule has 2 rings (SSSR count). The first-order chi connectivity index (χ1) is 11.1.